The fraction of sp³-hybridized carbons (Fsp3) is 0.238. The molecule has 2 aromatic carbocycles. The lowest BCUT2D eigenvalue weighted by Gasteiger charge is -2.27. The highest BCUT2D eigenvalue weighted by Gasteiger charge is 2.31. The smallest absolute Gasteiger partial charge is 0.412 e. The van der Waals surface area contributed by atoms with Crippen LogP contribution in [0.3, 0.4) is 0 Å². The maximum absolute atomic E-state index is 12.2. The molecule has 1 unspecified atom stereocenters. The summed E-state index contributed by atoms with van der Waals surface area (Å²) < 4.78 is 31.4. The molecule has 1 amide bonds. The number of carbonyl (C=O) groups is 1. The third kappa shape index (κ3) is 4.83. The van der Waals surface area contributed by atoms with Crippen LogP contribution in [0.5, 0.6) is 0 Å². The Kier molecular flexibility index (Phi) is 6.56. The summed E-state index contributed by atoms with van der Waals surface area (Å²) in [7, 11) is -3.41. The quantitative estimate of drug-likeness (QED) is 0.490. The van der Waals surface area contributed by atoms with E-state index in [0.717, 1.165) is 4.90 Å². The van der Waals surface area contributed by atoms with E-state index in [4.69, 9.17) is 16.1 Å². The first-order chi connectivity index (χ1) is 14.6. The summed E-state index contributed by atoms with van der Waals surface area (Å²) in [6.07, 6.45) is -1.19. The predicted octanol–water partition coefficient (Wildman–Crippen LogP) is 5.31. The Bertz CT molecular complexity index is 1190. The van der Waals surface area contributed by atoms with Gasteiger partial charge in [0, 0.05) is 16.3 Å². The fourth-order valence-corrected chi connectivity index (χ4v) is 4.12. The Hall–Kier alpha value is -3.04. The Morgan fingerprint density at radius 2 is 1.87 bits per heavy atom. The van der Waals surface area contributed by atoms with Crippen molar-refractivity contribution in [1.82, 2.24) is 5.16 Å². The molecule has 1 atom stereocenters. The third-order valence-electron chi connectivity index (χ3n) is 4.82. The molecule has 0 saturated carbocycles. The minimum Gasteiger partial charge on any atom is -0.465 e. The van der Waals surface area contributed by atoms with Gasteiger partial charge in [-0.25, -0.2) is 13.2 Å². The Morgan fingerprint density at radius 3 is 2.45 bits per heavy atom. The van der Waals surface area contributed by atoms with Gasteiger partial charge in [-0.2, -0.15) is 0 Å². The van der Waals surface area contributed by atoms with E-state index < -0.39 is 22.2 Å². The molecule has 31 heavy (non-hydrogen) atoms. The minimum absolute atomic E-state index is 0.0479. The summed E-state index contributed by atoms with van der Waals surface area (Å²) in [6, 6.07) is 12.8. The van der Waals surface area contributed by atoms with Crippen LogP contribution in [0.2, 0.25) is 5.02 Å². The lowest BCUT2D eigenvalue weighted by molar-refractivity contribution is 0.199. The van der Waals surface area contributed by atoms with Gasteiger partial charge in [0.2, 0.25) is 10.0 Å². The zero-order valence-corrected chi connectivity index (χ0v) is 18.7. The molecule has 0 aliphatic carbocycles. The maximum atomic E-state index is 12.2. The van der Waals surface area contributed by atoms with Crippen LogP contribution in [0, 0.1) is 6.92 Å². The molecule has 0 fully saturated rings. The van der Waals surface area contributed by atoms with Crippen molar-refractivity contribution in [3.63, 3.8) is 0 Å². The van der Waals surface area contributed by atoms with Gasteiger partial charge >= 0.3 is 6.09 Å². The number of hydrogen-bond acceptors (Lipinski definition) is 5. The van der Waals surface area contributed by atoms with Gasteiger partial charge in [-0.05, 0) is 56.7 Å². The normalized spacial score (nSPS) is 12.4. The lowest BCUT2D eigenvalue weighted by Crippen LogP contribution is -2.33. The monoisotopic (exact) mass is 463 g/mol. The molecule has 0 spiro atoms. The average molecular weight is 464 g/mol. The number of anilines is 2. The highest BCUT2D eigenvalue weighted by molar-refractivity contribution is 7.92. The number of hydrogen-bond donors (Lipinski definition) is 2. The van der Waals surface area contributed by atoms with Crippen molar-refractivity contribution in [2.24, 2.45) is 0 Å². The first kappa shape index (κ1) is 22.6. The van der Waals surface area contributed by atoms with Gasteiger partial charge in [0.25, 0.3) is 0 Å². The number of amides is 1. The van der Waals surface area contributed by atoms with Crippen LogP contribution < -0.4 is 9.62 Å². The summed E-state index contributed by atoms with van der Waals surface area (Å²) in [5.74, 6) is 0.206. The van der Waals surface area contributed by atoms with Crippen LogP contribution in [-0.2, 0) is 10.0 Å². The Morgan fingerprint density at radius 1 is 1.23 bits per heavy atom. The van der Waals surface area contributed by atoms with E-state index in [-0.39, 0.29) is 11.5 Å². The summed E-state index contributed by atoms with van der Waals surface area (Å²) in [4.78, 5) is 13.4. The van der Waals surface area contributed by atoms with Crippen LogP contribution in [-0.4, -0.2) is 30.5 Å². The molecular formula is C21H22ClN3O5S. The number of carboxylic acid groups (broad SMARTS) is 1. The number of rotatable bonds is 7. The largest absolute Gasteiger partial charge is 0.465 e. The maximum Gasteiger partial charge on any atom is 0.412 e. The Labute approximate surface area is 185 Å². The van der Waals surface area contributed by atoms with Crippen LogP contribution in [0.4, 0.5) is 16.2 Å². The number of sulfonamides is 1. The molecule has 10 heteroatoms. The molecule has 164 valence electrons. The molecule has 1 heterocycles. The molecule has 0 aliphatic heterocycles. The highest BCUT2D eigenvalue weighted by Crippen LogP contribution is 2.39. The van der Waals surface area contributed by atoms with E-state index in [1.165, 1.54) is 0 Å². The van der Waals surface area contributed by atoms with Gasteiger partial charge in [0.15, 0.2) is 5.76 Å². The van der Waals surface area contributed by atoms with Crippen molar-refractivity contribution in [3.8, 4) is 11.3 Å². The molecule has 1 aromatic heterocycles. The van der Waals surface area contributed by atoms with Crippen LogP contribution in [0.15, 0.2) is 53.1 Å². The third-order valence-corrected chi connectivity index (χ3v) is 6.47. The highest BCUT2D eigenvalue weighted by atomic mass is 35.5. The topological polar surface area (TPSA) is 113 Å². The molecule has 3 rings (SSSR count). The van der Waals surface area contributed by atoms with Gasteiger partial charge in [-0.3, -0.25) is 9.62 Å². The number of nitrogens with one attached hydrogen (secondary N) is 1. The minimum atomic E-state index is -3.41. The van der Waals surface area contributed by atoms with Crippen molar-refractivity contribution >= 4 is 39.1 Å². The van der Waals surface area contributed by atoms with Crippen LogP contribution in [0.1, 0.15) is 31.1 Å². The number of benzene rings is 2. The first-order valence-corrected chi connectivity index (χ1v) is 11.5. The Balaban J connectivity index is 2.02. The molecule has 0 radical (unpaired) electrons. The first-order valence-electron chi connectivity index (χ1n) is 9.48. The van der Waals surface area contributed by atoms with Gasteiger partial charge in [0.1, 0.15) is 11.4 Å². The molecule has 3 aromatic rings. The van der Waals surface area contributed by atoms with Gasteiger partial charge < -0.3 is 9.63 Å². The molecule has 0 bridgehead atoms. The molecule has 2 N–H and O–H groups in total. The van der Waals surface area contributed by atoms with Gasteiger partial charge in [-0.15, -0.1) is 0 Å². The summed E-state index contributed by atoms with van der Waals surface area (Å²) in [5.41, 5.74) is 2.27. The van der Waals surface area contributed by atoms with E-state index in [2.05, 4.69) is 9.88 Å². The summed E-state index contributed by atoms with van der Waals surface area (Å²) >= 11 is 6.29. The van der Waals surface area contributed by atoms with E-state index in [1.54, 1.807) is 69.3 Å². The second-order valence-corrected chi connectivity index (χ2v) is 9.30. The predicted molar refractivity (Wildman–Crippen MR) is 120 cm³/mol. The van der Waals surface area contributed by atoms with E-state index >= 15 is 0 Å². The second-order valence-electron chi connectivity index (χ2n) is 6.88. The molecular weight excluding hydrogens is 442 g/mol. The van der Waals surface area contributed by atoms with Crippen molar-refractivity contribution in [2.75, 3.05) is 15.4 Å². The van der Waals surface area contributed by atoms with Gasteiger partial charge in [-0.1, -0.05) is 35.0 Å². The zero-order chi connectivity index (χ0) is 22.8. The summed E-state index contributed by atoms with van der Waals surface area (Å²) in [6.45, 7) is 4.93. The number of aromatic nitrogens is 1. The standard InChI is InChI=1S/C21H22ClN3O5S/c1-4-31(28,29)24-16-11-9-15(10-12-16)20-19(13(2)23-30-20)25(21(26)27)14(3)17-7-5-6-8-18(17)22/h5-12,14,24H,4H2,1-3H3,(H,26,27). The van der Waals surface area contributed by atoms with E-state index in [0.29, 0.717) is 33.2 Å². The number of aryl methyl sites for hydroxylation is 1. The van der Waals surface area contributed by atoms with Crippen molar-refractivity contribution in [1.29, 1.82) is 0 Å². The van der Waals surface area contributed by atoms with Crippen LogP contribution in [0.25, 0.3) is 11.3 Å². The number of halogens is 1. The van der Waals surface area contributed by atoms with Crippen LogP contribution >= 0.6 is 11.6 Å². The molecule has 8 nitrogen and oxygen atoms in total. The van der Waals surface area contributed by atoms with Crippen molar-refractivity contribution in [3.05, 3.63) is 64.8 Å². The molecule has 0 aliphatic rings. The van der Waals surface area contributed by atoms with E-state index in [1.807, 2.05) is 0 Å². The van der Waals surface area contributed by atoms with E-state index in [9.17, 15) is 18.3 Å². The second kappa shape index (κ2) is 8.99. The fourth-order valence-electron chi connectivity index (χ4n) is 3.19. The summed E-state index contributed by atoms with van der Waals surface area (Å²) in [5, 5.41) is 14.4. The van der Waals surface area contributed by atoms with Gasteiger partial charge in [0.05, 0.1) is 11.8 Å². The lowest BCUT2D eigenvalue weighted by atomic mass is 10.0. The molecule has 0 saturated heterocycles. The van der Waals surface area contributed by atoms with Crippen molar-refractivity contribution < 1.29 is 22.8 Å². The average Bonchev–Trinajstić information content (AvgIpc) is 3.09. The van der Waals surface area contributed by atoms with Crippen molar-refractivity contribution in [2.45, 2.75) is 26.8 Å². The number of nitrogens with zero attached hydrogens (tertiary/aromatic N) is 2. The zero-order valence-electron chi connectivity index (χ0n) is 17.2. The SMILES string of the molecule is CCS(=O)(=O)Nc1ccc(-c2onc(C)c2N(C(=O)O)C(C)c2ccccc2Cl)cc1.